The van der Waals surface area contributed by atoms with Gasteiger partial charge in [0.1, 0.15) is 5.01 Å². The molecule has 7 nitrogen and oxygen atoms in total. The van der Waals surface area contributed by atoms with Crippen LogP contribution in [0.25, 0.3) is 0 Å². The highest BCUT2D eigenvalue weighted by Crippen LogP contribution is 2.23. The van der Waals surface area contributed by atoms with Crippen LogP contribution in [0, 0.1) is 0 Å². The molecule has 0 aliphatic carbocycles. The molecule has 8 heteroatoms. The Bertz CT molecular complexity index is 581. The monoisotopic (exact) mass is 293 g/mol. The maximum Gasteiger partial charge on any atom is 0.231 e. The van der Waals surface area contributed by atoms with Crippen molar-refractivity contribution in [2.24, 2.45) is 0 Å². The molecule has 0 saturated carbocycles. The Morgan fingerprint density at radius 3 is 2.70 bits per heavy atom. The van der Waals surface area contributed by atoms with Crippen LogP contribution in [0.15, 0.2) is 6.20 Å². The van der Waals surface area contributed by atoms with Crippen LogP contribution in [-0.2, 0) is 6.42 Å². The fraction of sp³-hybridized carbons (Fsp3) is 0.500. The predicted octanol–water partition coefficient (Wildman–Crippen LogP) is 1.71. The Balaban J connectivity index is 2.16. The second-order valence-corrected chi connectivity index (χ2v) is 5.74. The first-order valence-corrected chi connectivity index (χ1v) is 7.21. The van der Waals surface area contributed by atoms with Crippen molar-refractivity contribution < 1.29 is 0 Å². The van der Waals surface area contributed by atoms with Crippen molar-refractivity contribution in [2.75, 3.05) is 30.0 Å². The van der Waals surface area contributed by atoms with Gasteiger partial charge in [0.2, 0.25) is 17.8 Å². The fourth-order valence-corrected chi connectivity index (χ4v) is 2.45. The lowest BCUT2D eigenvalue weighted by Crippen LogP contribution is -2.17. The number of aryl methyl sites for hydroxylation is 1. The average Bonchev–Trinajstić information content (AvgIpc) is 2.86. The van der Waals surface area contributed by atoms with E-state index in [1.54, 1.807) is 16.2 Å². The Morgan fingerprint density at radius 1 is 1.35 bits per heavy atom. The lowest BCUT2D eigenvalue weighted by molar-refractivity contribution is 0.839. The minimum absolute atomic E-state index is 0.0251. The summed E-state index contributed by atoms with van der Waals surface area (Å²) in [5.74, 6) is 1.19. The second-order valence-electron chi connectivity index (χ2n) is 4.60. The molecule has 0 saturated heterocycles. The maximum atomic E-state index is 5.70. The van der Waals surface area contributed by atoms with Crippen LogP contribution in [0.2, 0.25) is 0 Å². The molecule has 3 N–H and O–H groups in total. The van der Waals surface area contributed by atoms with Gasteiger partial charge in [0.25, 0.3) is 0 Å². The quantitative estimate of drug-likeness (QED) is 0.866. The van der Waals surface area contributed by atoms with Crippen LogP contribution in [0.5, 0.6) is 0 Å². The molecule has 108 valence electrons. The number of nitrogen functional groups attached to an aromatic ring is 1. The van der Waals surface area contributed by atoms with E-state index in [1.165, 1.54) is 4.88 Å². The number of thiazole rings is 1. The first-order valence-electron chi connectivity index (χ1n) is 6.39. The van der Waals surface area contributed by atoms with Crippen molar-refractivity contribution >= 4 is 29.2 Å². The molecule has 20 heavy (non-hydrogen) atoms. The SMILES string of the molecule is CCc1cnc(C(C)Nc2nc(N)nc(N(C)C)n2)s1. The summed E-state index contributed by atoms with van der Waals surface area (Å²) >= 11 is 1.69. The summed E-state index contributed by atoms with van der Waals surface area (Å²) in [6, 6.07) is 0.0251. The Kier molecular flexibility index (Phi) is 4.33. The fourth-order valence-electron chi connectivity index (χ4n) is 1.59. The molecule has 0 aliphatic rings. The zero-order valence-corrected chi connectivity index (χ0v) is 12.9. The summed E-state index contributed by atoms with van der Waals surface area (Å²) in [4.78, 5) is 19.9. The van der Waals surface area contributed by atoms with Gasteiger partial charge in [-0.3, -0.25) is 0 Å². The number of aromatic nitrogens is 4. The van der Waals surface area contributed by atoms with Crippen molar-refractivity contribution in [2.45, 2.75) is 26.3 Å². The van der Waals surface area contributed by atoms with E-state index < -0.39 is 0 Å². The molecule has 0 spiro atoms. The van der Waals surface area contributed by atoms with Gasteiger partial charge in [-0.2, -0.15) is 15.0 Å². The Labute approximate surface area is 122 Å². The zero-order valence-electron chi connectivity index (χ0n) is 12.1. The molecule has 0 aromatic carbocycles. The van der Waals surface area contributed by atoms with E-state index >= 15 is 0 Å². The molecule has 1 unspecified atom stereocenters. The summed E-state index contributed by atoms with van der Waals surface area (Å²) in [7, 11) is 3.71. The van der Waals surface area contributed by atoms with Gasteiger partial charge in [0.05, 0.1) is 6.04 Å². The van der Waals surface area contributed by atoms with E-state index in [2.05, 4.69) is 32.2 Å². The normalized spacial score (nSPS) is 12.2. The minimum Gasteiger partial charge on any atom is -0.368 e. The van der Waals surface area contributed by atoms with Gasteiger partial charge >= 0.3 is 0 Å². The summed E-state index contributed by atoms with van der Waals surface area (Å²) < 4.78 is 0. The lowest BCUT2D eigenvalue weighted by atomic mass is 10.3. The van der Waals surface area contributed by atoms with Crippen LogP contribution in [0.1, 0.15) is 29.8 Å². The van der Waals surface area contributed by atoms with Crippen LogP contribution in [0.4, 0.5) is 17.8 Å². The van der Waals surface area contributed by atoms with Crippen LogP contribution in [-0.4, -0.2) is 34.0 Å². The third kappa shape index (κ3) is 3.32. The molecular formula is C12H19N7S. The minimum atomic E-state index is 0.0251. The van der Waals surface area contributed by atoms with Gasteiger partial charge in [-0.1, -0.05) is 6.92 Å². The largest absolute Gasteiger partial charge is 0.368 e. The second kappa shape index (κ2) is 6.00. The maximum absolute atomic E-state index is 5.70. The van der Waals surface area contributed by atoms with Crippen LogP contribution in [0.3, 0.4) is 0 Å². The number of hydrogen-bond acceptors (Lipinski definition) is 8. The molecule has 2 rings (SSSR count). The van der Waals surface area contributed by atoms with Gasteiger partial charge in [-0.15, -0.1) is 11.3 Å². The molecule has 2 aromatic heterocycles. The van der Waals surface area contributed by atoms with Gasteiger partial charge in [0.15, 0.2) is 0 Å². The third-order valence-corrected chi connectivity index (χ3v) is 4.00. The standard InChI is InChI=1S/C12H19N7S/c1-5-8-6-14-9(20-8)7(2)15-11-16-10(13)17-12(18-11)19(3)4/h6-7H,5H2,1-4H3,(H3,13,15,16,17,18). The lowest BCUT2D eigenvalue weighted by Gasteiger charge is -2.14. The molecule has 0 bridgehead atoms. The summed E-state index contributed by atoms with van der Waals surface area (Å²) in [5, 5.41) is 4.22. The summed E-state index contributed by atoms with van der Waals surface area (Å²) in [6.07, 6.45) is 2.90. The van der Waals surface area contributed by atoms with Crippen molar-refractivity contribution in [3.8, 4) is 0 Å². The van der Waals surface area contributed by atoms with E-state index in [1.807, 2.05) is 27.2 Å². The molecule has 2 aromatic rings. The highest BCUT2D eigenvalue weighted by atomic mass is 32.1. The highest BCUT2D eigenvalue weighted by Gasteiger charge is 2.13. The van der Waals surface area contributed by atoms with E-state index in [4.69, 9.17) is 5.73 Å². The van der Waals surface area contributed by atoms with Crippen molar-refractivity contribution in [3.05, 3.63) is 16.1 Å². The first kappa shape index (κ1) is 14.4. The van der Waals surface area contributed by atoms with Crippen LogP contribution < -0.4 is 16.0 Å². The molecule has 0 radical (unpaired) electrons. The van der Waals surface area contributed by atoms with Crippen molar-refractivity contribution in [3.63, 3.8) is 0 Å². The summed E-state index contributed by atoms with van der Waals surface area (Å²) in [6.45, 7) is 4.14. The number of rotatable bonds is 5. The predicted molar refractivity (Wildman–Crippen MR) is 82.1 cm³/mol. The van der Waals surface area contributed by atoms with Gasteiger partial charge < -0.3 is 16.0 Å². The van der Waals surface area contributed by atoms with E-state index in [0.717, 1.165) is 11.4 Å². The van der Waals surface area contributed by atoms with E-state index in [-0.39, 0.29) is 12.0 Å². The molecule has 0 fully saturated rings. The number of nitrogens with one attached hydrogen (secondary N) is 1. The Morgan fingerprint density at radius 2 is 2.10 bits per heavy atom. The first-order chi connectivity index (χ1) is 9.49. The number of anilines is 3. The van der Waals surface area contributed by atoms with Gasteiger partial charge in [-0.25, -0.2) is 4.98 Å². The smallest absolute Gasteiger partial charge is 0.231 e. The topological polar surface area (TPSA) is 92.8 Å². The molecule has 1 atom stereocenters. The van der Waals surface area contributed by atoms with Gasteiger partial charge in [-0.05, 0) is 13.3 Å². The molecule has 2 heterocycles. The molecular weight excluding hydrogens is 274 g/mol. The number of nitrogens with two attached hydrogens (primary N) is 1. The summed E-state index contributed by atoms with van der Waals surface area (Å²) in [5.41, 5.74) is 5.70. The Hall–Kier alpha value is -1.96. The molecule has 0 amide bonds. The average molecular weight is 293 g/mol. The van der Waals surface area contributed by atoms with Crippen LogP contribution >= 0.6 is 11.3 Å². The zero-order chi connectivity index (χ0) is 14.7. The van der Waals surface area contributed by atoms with Crippen molar-refractivity contribution in [1.29, 1.82) is 0 Å². The van der Waals surface area contributed by atoms with Gasteiger partial charge in [0, 0.05) is 25.2 Å². The van der Waals surface area contributed by atoms with E-state index in [0.29, 0.717) is 11.9 Å². The molecule has 0 aliphatic heterocycles. The van der Waals surface area contributed by atoms with Crippen molar-refractivity contribution in [1.82, 2.24) is 19.9 Å². The third-order valence-electron chi connectivity index (χ3n) is 2.68. The number of nitrogens with zero attached hydrogens (tertiary/aromatic N) is 5. The highest BCUT2D eigenvalue weighted by molar-refractivity contribution is 7.11. The van der Waals surface area contributed by atoms with E-state index in [9.17, 15) is 0 Å². The number of hydrogen-bond donors (Lipinski definition) is 2.